The second-order valence-corrected chi connectivity index (χ2v) is 9.39. The second-order valence-electron chi connectivity index (χ2n) is 6.85. The Labute approximate surface area is 136 Å². The van der Waals surface area contributed by atoms with Crippen molar-refractivity contribution in [1.29, 1.82) is 0 Å². The molecule has 1 aliphatic heterocycles. The van der Waals surface area contributed by atoms with E-state index >= 15 is 0 Å². The number of fused-ring (bicyclic) bond motifs is 1. The molecule has 0 aromatic heterocycles. The van der Waals surface area contributed by atoms with E-state index in [1.165, 1.54) is 13.8 Å². The van der Waals surface area contributed by atoms with E-state index in [1.54, 1.807) is 0 Å². The van der Waals surface area contributed by atoms with Gasteiger partial charge in [0.05, 0.1) is 6.04 Å². The first-order chi connectivity index (χ1) is 10.5. The molecule has 2 N–H and O–H groups in total. The first kappa shape index (κ1) is 17.7. The van der Waals surface area contributed by atoms with Crippen molar-refractivity contribution in [3.8, 4) is 5.75 Å². The molecule has 1 aromatic rings. The lowest BCUT2D eigenvalue weighted by molar-refractivity contribution is -0.139. The molecule has 0 saturated carbocycles. The van der Waals surface area contributed by atoms with E-state index < -0.39 is 32.0 Å². The number of ether oxygens (including phenoxy) is 1. The predicted octanol–water partition coefficient (Wildman–Crippen LogP) is 1.59. The molecule has 7 heteroatoms. The van der Waals surface area contributed by atoms with Crippen molar-refractivity contribution in [2.75, 3.05) is 5.88 Å². The quantitative estimate of drug-likeness (QED) is 0.845. The Bertz CT molecular complexity index is 709. The molecule has 1 atom stereocenters. The molecule has 0 fully saturated rings. The van der Waals surface area contributed by atoms with Crippen molar-refractivity contribution in [3.63, 3.8) is 0 Å². The van der Waals surface area contributed by atoms with E-state index in [4.69, 9.17) is 9.84 Å². The average Bonchev–Trinajstić information content (AvgIpc) is 2.43. The smallest absolute Gasteiger partial charge is 0.324 e. The van der Waals surface area contributed by atoms with E-state index in [0.29, 0.717) is 6.42 Å². The number of rotatable bonds is 5. The minimum Gasteiger partial charge on any atom is -0.486 e. The average molecular weight is 341 g/mol. The van der Waals surface area contributed by atoms with Crippen molar-refractivity contribution < 1.29 is 23.1 Å². The largest absolute Gasteiger partial charge is 0.486 e. The van der Waals surface area contributed by atoms with Crippen molar-refractivity contribution in [2.24, 2.45) is 0 Å². The van der Waals surface area contributed by atoms with Gasteiger partial charge in [-0.3, -0.25) is 10.1 Å². The van der Waals surface area contributed by atoms with Crippen LogP contribution in [0.15, 0.2) is 24.3 Å². The van der Waals surface area contributed by atoms with Crippen LogP contribution in [0.4, 0.5) is 0 Å². The fourth-order valence-corrected chi connectivity index (χ4v) is 3.48. The molecule has 6 nitrogen and oxygen atoms in total. The molecule has 1 unspecified atom stereocenters. The van der Waals surface area contributed by atoms with E-state index in [0.717, 1.165) is 11.3 Å². The van der Waals surface area contributed by atoms with Crippen LogP contribution in [0.25, 0.3) is 0 Å². The van der Waals surface area contributed by atoms with Gasteiger partial charge in [-0.2, -0.15) is 0 Å². The van der Waals surface area contributed by atoms with Crippen molar-refractivity contribution in [3.05, 3.63) is 29.8 Å². The predicted molar refractivity (Wildman–Crippen MR) is 87.3 cm³/mol. The maximum Gasteiger partial charge on any atom is 0.324 e. The molecule has 0 bridgehead atoms. The number of carboxylic acids is 1. The summed E-state index contributed by atoms with van der Waals surface area (Å²) in [6.07, 6.45) is 0.617. The molecule has 1 heterocycles. The minimum atomic E-state index is -3.85. The third-order valence-electron chi connectivity index (χ3n) is 4.42. The van der Waals surface area contributed by atoms with E-state index in [9.17, 15) is 13.2 Å². The van der Waals surface area contributed by atoms with Gasteiger partial charge in [0.1, 0.15) is 17.2 Å². The van der Waals surface area contributed by atoms with Crippen LogP contribution >= 0.6 is 0 Å². The molecule has 2 rings (SSSR count). The van der Waals surface area contributed by atoms with Gasteiger partial charge >= 0.3 is 5.97 Å². The fraction of sp³-hybridized carbons (Fsp3) is 0.562. The van der Waals surface area contributed by atoms with Gasteiger partial charge in [0.2, 0.25) is 0 Å². The molecule has 0 radical (unpaired) electrons. The molecular weight excluding hydrogens is 318 g/mol. The van der Waals surface area contributed by atoms with Crippen LogP contribution in [0.3, 0.4) is 0 Å². The number of para-hydroxylation sites is 1. The summed E-state index contributed by atoms with van der Waals surface area (Å²) in [4.78, 5) is 11.2. The topological polar surface area (TPSA) is 92.7 Å². The highest BCUT2D eigenvalue weighted by Gasteiger charge is 2.43. The molecule has 1 aromatic carbocycles. The number of nitrogens with one attached hydrogen (secondary N) is 1. The Balaban J connectivity index is 2.16. The first-order valence-corrected chi connectivity index (χ1v) is 9.08. The van der Waals surface area contributed by atoms with Gasteiger partial charge in [-0.05, 0) is 45.7 Å². The summed E-state index contributed by atoms with van der Waals surface area (Å²) in [7, 11) is -3.85. The number of hydrogen-bond donors (Lipinski definition) is 2. The normalized spacial score (nSPS) is 20.4. The van der Waals surface area contributed by atoms with Gasteiger partial charge < -0.3 is 9.84 Å². The van der Waals surface area contributed by atoms with Gasteiger partial charge in [-0.15, -0.1) is 0 Å². The molecule has 1 aliphatic rings. The highest BCUT2D eigenvalue weighted by Crippen LogP contribution is 2.33. The van der Waals surface area contributed by atoms with E-state index in [2.05, 4.69) is 5.32 Å². The van der Waals surface area contributed by atoms with Crippen LogP contribution in [0.2, 0.25) is 0 Å². The SMILES string of the molecule is CC1(C)Oc2ccccc2CC1NCS(=O)(=O)C(C)(C)C(=O)O. The van der Waals surface area contributed by atoms with Gasteiger partial charge in [-0.25, -0.2) is 8.42 Å². The van der Waals surface area contributed by atoms with Crippen LogP contribution in [0.5, 0.6) is 5.75 Å². The molecule has 0 saturated heterocycles. The van der Waals surface area contributed by atoms with Gasteiger partial charge in [0, 0.05) is 0 Å². The summed E-state index contributed by atoms with van der Waals surface area (Å²) >= 11 is 0. The molecule has 0 amide bonds. The highest BCUT2D eigenvalue weighted by molar-refractivity contribution is 7.93. The third-order valence-corrected chi connectivity index (χ3v) is 6.70. The number of benzene rings is 1. The first-order valence-electron chi connectivity index (χ1n) is 7.43. The Morgan fingerprint density at radius 1 is 1.39 bits per heavy atom. The maximum atomic E-state index is 12.3. The summed E-state index contributed by atoms with van der Waals surface area (Å²) in [6.45, 7) is 6.17. The lowest BCUT2D eigenvalue weighted by Crippen LogP contribution is -2.56. The van der Waals surface area contributed by atoms with Crippen LogP contribution < -0.4 is 10.1 Å². The number of carboxylic acid groups (broad SMARTS) is 1. The monoisotopic (exact) mass is 341 g/mol. The van der Waals surface area contributed by atoms with Crippen molar-refractivity contribution >= 4 is 15.8 Å². The Hall–Kier alpha value is -1.60. The minimum absolute atomic E-state index is 0.239. The molecule has 0 spiro atoms. The zero-order valence-corrected chi connectivity index (χ0v) is 14.6. The lowest BCUT2D eigenvalue weighted by Gasteiger charge is -2.40. The van der Waals surface area contributed by atoms with Crippen LogP contribution in [-0.4, -0.2) is 41.8 Å². The summed E-state index contributed by atoms with van der Waals surface area (Å²) in [6, 6.07) is 7.38. The van der Waals surface area contributed by atoms with Crippen molar-refractivity contribution in [1.82, 2.24) is 5.32 Å². The fourth-order valence-electron chi connectivity index (χ4n) is 2.43. The lowest BCUT2D eigenvalue weighted by atomic mass is 9.89. The highest BCUT2D eigenvalue weighted by atomic mass is 32.2. The summed E-state index contributed by atoms with van der Waals surface area (Å²) in [5, 5.41) is 12.1. The van der Waals surface area contributed by atoms with E-state index in [1.807, 2.05) is 38.1 Å². The summed E-state index contributed by atoms with van der Waals surface area (Å²) in [5.74, 6) is -0.973. The third kappa shape index (κ3) is 3.35. The van der Waals surface area contributed by atoms with E-state index in [-0.39, 0.29) is 6.04 Å². The zero-order valence-electron chi connectivity index (χ0n) is 13.8. The van der Waals surface area contributed by atoms with Crippen LogP contribution in [0, 0.1) is 0 Å². The van der Waals surface area contributed by atoms with Gasteiger partial charge in [-0.1, -0.05) is 18.2 Å². The van der Waals surface area contributed by atoms with Crippen molar-refractivity contribution in [2.45, 2.75) is 50.5 Å². The molecule has 128 valence electrons. The number of sulfone groups is 1. The van der Waals surface area contributed by atoms with Crippen LogP contribution in [0.1, 0.15) is 33.3 Å². The second kappa shape index (κ2) is 5.79. The molecule has 0 aliphatic carbocycles. The molecule has 23 heavy (non-hydrogen) atoms. The number of hydrogen-bond acceptors (Lipinski definition) is 5. The maximum absolute atomic E-state index is 12.3. The Kier molecular flexibility index (Phi) is 4.47. The Morgan fingerprint density at radius 3 is 2.61 bits per heavy atom. The molecular formula is C16H23NO5S. The van der Waals surface area contributed by atoms with Gasteiger partial charge in [0.15, 0.2) is 14.6 Å². The van der Waals surface area contributed by atoms with Gasteiger partial charge in [0.25, 0.3) is 0 Å². The summed E-state index contributed by atoms with van der Waals surface area (Å²) < 4.78 is 28.7. The number of aliphatic carboxylic acids is 1. The summed E-state index contributed by atoms with van der Waals surface area (Å²) in [5.41, 5.74) is 0.399. The standard InChI is InChI=1S/C16H23NO5S/c1-15(2)13(9-11-7-5-6-8-12(11)22-15)17-10-23(20,21)16(3,4)14(18)19/h5-8,13,17H,9-10H2,1-4H3,(H,18,19). The van der Waals surface area contributed by atoms with Crippen LogP contribution in [-0.2, 0) is 21.1 Å². The zero-order chi connectivity index (χ0) is 17.5. The Morgan fingerprint density at radius 2 is 2.00 bits per heavy atom. The number of carbonyl (C=O) groups is 1.